The Morgan fingerprint density at radius 3 is 2.11 bits per heavy atom. The molecule has 0 fully saturated rings. The van der Waals surface area contributed by atoms with Crippen molar-refractivity contribution in [3.63, 3.8) is 0 Å². The lowest BCUT2D eigenvalue weighted by Crippen LogP contribution is -2.07. The van der Waals surface area contributed by atoms with Gasteiger partial charge >= 0.3 is 0 Å². The van der Waals surface area contributed by atoms with Crippen LogP contribution in [0.25, 0.3) is 0 Å². The zero-order chi connectivity index (χ0) is 13.3. The Morgan fingerprint density at radius 1 is 1.00 bits per heavy atom. The molecule has 0 saturated carbocycles. The van der Waals surface area contributed by atoms with E-state index in [0.717, 1.165) is 0 Å². The number of anilines is 1. The SMILES string of the molecule is Cc1cc(C)c(NC(C)c2ccc(C)s2)c(C)c1. The van der Waals surface area contributed by atoms with Crippen LogP contribution in [-0.2, 0) is 0 Å². The summed E-state index contributed by atoms with van der Waals surface area (Å²) in [4.78, 5) is 2.77. The van der Waals surface area contributed by atoms with Gasteiger partial charge in [-0.05, 0) is 57.9 Å². The molecule has 0 spiro atoms. The number of nitrogens with one attached hydrogen (secondary N) is 1. The van der Waals surface area contributed by atoms with Crippen molar-refractivity contribution in [2.24, 2.45) is 0 Å². The summed E-state index contributed by atoms with van der Waals surface area (Å²) in [5.41, 5.74) is 5.26. The standard InChI is InChI=1S/C16H21NS/c1-10-8-11(2)16(12(3)9-10)17-14(5)15-7-6-13(4)18-15/h6-9,14,17H,1-5H3. The van der Waals surface area contributed by atoms with Crippen molar-refractivity contribution in [3.8, 4) is 0 Å². The van der Waals surface area contributed by atoms with Crippen molar-refractivity contribution in [1.29, 1.82) is 0 Å². The number of thiophene rings is 1. The number of hydrogen-bond donors (Lipinski definition) is 1. The third kappa shape index (κ3) is 2.75. The van der Waals surface area contributed by atoms with E-state index in [1.807, 2.05) is 11.3 Å². The van der Waals surface area contributed by atoms with E-state index in [2.05, 4.69) is 64.2 Å². The van der Waals surface area contributed by atoms with Crippen LogP contribution in [0.2, 0.25) is 0 Å². The molecule has 0 aliphatic carbocycles. The second kappa shape index (κ2) is 5.15. The average Bonchev–Trinajstić information content (AvgIpc) is 2.70. The van der Waals surface area contributed by atoms with Gasteiger partial charge < -0.3 is 5.32 Å². The quantitative estimate of drug-likeness (QED) is 0.803. The maximum atomic E-state index is 3.65. The monoisotopic (exact) mass is 259 g/mol. The minimum atomic E-state index is 0.365. The van der Waals surface area contributed by atoms with Crippen LogP contribution in [0.15, 0.2) is 24.3 Å². The van der Waals surface area contributed by atoms with Gasteiger partial charge in [0.2, 0.25) is 0 Å². The van der Waals surface area contributed by atoms with Gasteiger partial charge in [0.05, 0.1) is 6.04 Å². The molecule has 0 amide bonds. The summed E-state index contributed by atoms with van der Waals surface area (Å²) in [6.45, 7) is 10.9. The van der Waals surface area contributed by atoms with Crippen molar-refractivity contribution < 1.29 is 0 Å². The Labute approximate surface area is 114 Å². The second-order valence-corrected chi connectivity index (χ2v) is 6.41. The second-order valence-electron chi connectivity index (χ2n) is 5.09. The first kappa shape index (κ1) is 13.2. The highest BCUT2D eigenvalue weighted by molar-refractivity contribution is 7.12. The zero-order valence-corrected chi connectivity index (χ0v) is 12.6. The van der Waals surface area contributed by atoms with Gasteiger partial charge in [-0.3, -0.25) is 0 Å². The molecule has 1 N–H and O–H groups in total. The molecule has 1 heterocycles. The number of benzene rings is 1. The Bertz CT molecular complexity index is 531. The van der Waals surface area contributed by atoms with Gasteiger partial charge in [-0.25, -0.2) is 0 Å². The minimum absolute atomic E-state index is 0.365. The molecule has 0 aliphatic rings. The highest BCUT2D eigenvalue weighted by atomic mass is 32.1. The maximum Gasteiger partial charge on any atom is 0.0578 e. The van der Waals surface area contributed by atoms with Gasteiger partial charge in [-0.2, -0.15) is 0 Å². The first-order chi connectivity index (χ1) is 8.47. The molecule has 96 valence electrons. The van der Waals surface area contributed by atoms with E-state index in [0.29, 0.717) is 6.04 Å². The molecule has 2 heteroatoms. The molecule has 0 radical (unpaired) electrons. The Balaban J connectivity index is 2.24. The van der Waals surface area contributed by atoms with Crippen LogP contribution in [0.1, 0.15) is 39.4 Å². The van der Waals surface area contributed by atoms with Crippen molar-refractivity contribution >= 4 is 17.0 Å². The van der Waals surface area contributed by atoms with Crippen molar-refractivity contribution in [1.82, 2.24) is 0 Å². The van der Waals surface area contributed by atoms with Crippen molar-refractivity contribution in [3.05, 3.63) is 50.7 Å². The van der Waals surface area contributed by atoms with Crippen LogP contribution in [0.5, 0.6) is 0 Å². The van der Waals surface area contributed by atoms with E-state index in [-0.39, 0.29) is 0 Å². The van der Waals surface area contributed by atoms with Gasteiger partial charge in [0.25, 0.3) is 0 Å². The van der Waals surface area contributed by atoms with Crippen LogP contribution in [0.4, 0.5) is 5.69 Å². The summed E-state index contributed by atoms with van der Waals surface area (Å²) in [7, 11) is 0. The lowest BCUT2D eigenvalue weighted by Gasteiger charge is -2.18. The third-order valence-corrected chi connectivity index (χ3v) is 4.41. The van der Waals surface area contributed by atoms with Crippen molar-refractivity contribution in [2.75, 3.05) is 5.32 Å². The molecule has 2 rings (SSSR count). The minimum Gasteiger partial charge on any atom is -0.377 e. The first-order valence-corrected chi connectivity index (χ1v) is 7.19. The molecule has 1 nitrogen and oxygen atoms in total. The number of rotatable bonds is 3. The maximum absolute atomic E-state index is 3.65. The molecular formula is C16H21NS. The van der Waals surface area contributed by atoms with Gasteiger partial charge in [-0.15, -0.1) is 11.3 Å². The fraction of sp³-hybridized carbons (Fsp3) is 0.375. The summed E-state index contributed by atoms with van der Waals surface area (Å²) in [5, 5.41) is 3.65. The van der Waals surface area contributed by atoms with Crippen LogP contribution in [-0.4, -0.2) is 0 Å². The third-order valence-electron chi connectivity index (χ3n) is 3.23. The van der Waals surface area contributed by atoms with E-state index in [4.69, 9.17) is 0 Å². The van der Waals surface area contributed by atoms with Crippen LogP contribution >= 0.6 is 11.3 Å². The summed E-state index contributed by atoms with van der Waals surface area (Å²) in [6.07, 6.45) is 0. The summed E-state index contributed by atoms with van der Waals surface area (Å²) in [6, 6.07) is 9.25. The van der Waals surface area contributed by atoms with Crippen molar-refractivity contribution in [2.45, 2.75) is 40.7 Å². The molecule has 0 saturated heterocycles. The molecule has 2 aromatic rings. The van der Waals surface area contributed by atoms with Gasteiger partial charge in [-0.1, -0.05) is 17.7 Å². The fourth-order valence-electron chi connectivity index (χ4n) is 2.38. The Morgan fingerprint density at radius 2 is 1.61 bits per heavy atom. The Hall–Kier alpha value is -1.28. The predicted octanol–water partition coefficient (Wildman–Crippen LogP) is 5.15. The average molecular weight is 259 g/mol. The lowest BCUT2D eigenvalue weighted by atomic mass is 10.0. The number of aryl methyl sites for hydroxylation is 4. The highest BCUT2D eigenvalue weighted by Gasteiger charge is 2.10. The zero-order valence-electron chi connectivity index (χ0n) is 11.8. The van der Waals surface area contributed by atoms with Gasteiger partial charge in [0.15, 0.2) is 0 Å². The molecule has 1 unspecified atom stereocenters. The highest BCUT2D eigenvalue weighted by Crippen LogP contribution is 2.29. The lowest BCUT2D eigenvalue weighted by molar-refractivity contribution is 0.902. The summed E-state index contributed by atoms with van der Waals surface area (Å²) in [5.74, 6) is 0. The van der Waals surface area contributed by atoms with E-state index < -0.39 is 0 Å². The molecule has 0 aliphatic heterocycles. The fourth-order valence-corrected chi connectivity index (χ4v) is 3.26. The summed E-state index contributed by atoms with van der Waals surface area (Å²) < 4.78 is 0. The number of hydrogen-bond acceptors (Lipinski definition) is 2. The van der Waals surface area contributed by atoms with E-state index in [1.165, 1.54) is 32.1 Å². The Kier molecular flexibility index (Phi) is 3.76. The molecular weight excluding hydrogens is 238 g/mol. The van der Waals surface area contributed by atoms with Crippen LogP contribution < -0.4 is 5.32 Å². The largest absolute Gasteiger partial charge is 0.377 e. The first-order valence-electron chi connectivity index (χ1n) is 6.38. The van der Waals surface area contributed by atoms with E-state index in [9.17, 15) is 0 Å². The normalized spacial score (nSPS) is 12.5. The van der Waals surface area contributed by atoms with E-state index in [1.54, 1.807) is 0 Å². The topological polar surface area (TPSA) is 12.0 Å². The molecule has 18 heavy (non-hydrogen) atoms. The predicted molar refractivity (Wildman–Crippen MR) is 81.7 cm³/mol. The van der Waals surface area contributed by atoms with Gasteiger partial charge in [0, 0.05) is 15.4 Å². The molecule has 1 atom stereocenters. The molecule has 0 bridgehead atoms. The molecule has 1 aromatic carbocycles. The summed E-state index contributed by atoms with van der Waals surface area (Å²) >= 11 is 1.87. The smallest absolute Gasteiger partial charge is 0.0578 e. The van der Waals surface area contributed by atoms with E-state index >= 15 is 0 Å². The van der Waals surface area contributed by atoms with Gasteiger partial charge in [0.1, 0.15) is 0 Å². The van der Waals surface area contributed by atoms with Crippen LogP contribution in [0, 0.1) is 27.7 Å². The molecule has 1 aromatic heterocycles. The van der Waals surface area contributed by atoms with Crippen LogP contribution in [0.3, 0.4) is 0 Å².